The lowest BCUT2D eigenvalue weighted by Gasteiger charge is -2.34. The minimum absolute atomic E-state index is 0.116. The first-order chi connectivity index (χ1) is 7.75. The number of hydrogen-bond donors (Lipinski definition) is 1. The van der Waals surface area contributed by atoms with Gasteiger partial charge < -0.3 is 9.84 Å². The van der Waals surface area contributed by atoms with E-state index in [-0.39, 0.29) is 6.61 Å². The number of aliphatic hydroxyl groups excluding tert-OH is 1. The van der Waals surface area contributed by atoms with Crippen LogP contribution in [0.5, 0.6) is 0 Å². The third kappa shape index (κ3) is 4.64. The van der Waals surface area contributed by atoms with E-state index in [4.69, 9.17) is 9.84 Å². The zero-order valence-corrected chi connectivity index (χ0v) is 10.6. The summed E-state index contributed by atoms with van der Waals surface area (Å²) in [6.07, 6.45) is 8.40. The third-order valence-electron chi connectivity index (χ3n) is 3.05. The van der Waals surface area contributed by atoms with Gasteiger partial charge in [0.15, 0.2) is 0 Å². The maximum Gasteiger partial charge on any atom is 0.0698 e. The highest BCUT2D eigenvalue weighted by atomic mass is 16.5. The van der Waals surface area contributed by atoms with E-state index in [1.165, 1.54) is 19.3 Å². The number of nitrogens with zero attached hydrogens (tertiary/aromatic N) is 1. The predicted molar refractivity (Wildman–Crippen MR) is 66.5 cm³/mol. The molecule has 0 spiro atoms. The standard InChI is InChI=1S/C13H25NO2/c1-12(2)14(8-10-16-11-9-15)13-6-4-3-5-7-13/h4,6,12-13,15H,3,5,7-11H2,1-2H3/t13-/m0/s1. The molecule has 1 aliphatic carbocycles. The largest absolute Gasteiger partial charge is 0.394 e. The molecule has 0 aliphatic heterocycles. The normalized spacial score (nSPS) is 20.9. The van der Waals surface area contributed by atoms with Crippen LogP contribution in [0.25, 0.3) is 0 Å². The smallest absolute Gasteiger partial charge is 0.0698 e. The molecule has 3 heteroatoms. The number of allylic oxidation sites excluding steroid dienone is 1. The zero-order chi connectivity index (χ0) is 11.8. The van der Waals surface area contributed by atoms with E-state index in [1.807, 2.05) is 0 Å². The minimum atomic E-state index is 0.116. The highest BCUT2D eigenvalue weighted by Gasteiger charge is 2.19. The van der Waals surface area contributed by atoms with Crippen LogP contribution in [0, 0.1) is 0 Å². The molecule has 94 valence electrons. The lowest BCUT2D eigenvalue weighted by Crippen LogP contribution is -2.42. The number of aliphatic hydroxyl groups is 1. The second kappa shape index (κ2) is 7.82. The van der Waals surface area contributed by atoms with Gasteiger partial charge in [-0.2, -0.15) is 0 Å². The van der Waals surface area contributed by atoms with Crippen molar-refractivity contribution in [2.75, 3.05) is 26.4 Å². The summed E-state index contributed by atoms with van der Waals surface area (Å²) < 4.78 is 5.34. The maximum atomic E-state index is 8.64. The second-order valence-electron chi connectivity index (χ2n) is 4.59. The Morgan fingerprint density at radius 1 is 1.44 bits per heavy atom. The molecule has 3 nitrogen and oxygen atoms in total. The fourth-order valence-electron chi connectivity index (χ4n) is 2.21. The molecule has 16 heavy (non-hydrogen) atoms. The summed E-state index contributed by atoms with van der Waals surface area (Å²) in [7, 11) is 0. The first kappa shape index (κ1) is 13.7. The highest BCUT2D eigenvalue weighted by molar-refractivity contribution is 4.99. The van der Waals surface area contributed by atoms with Crippen LogP contribution >= 0.6 is 0 Å². The highest BCUT2D eigenvalue weighted by Crippen LogP contribution is 2.18. The summed E-state index contributed by atoms with van der Waals surface area (Å²) in [6, 6.07) is 1.12. The van der Waals surface area contributed by atoms with E-state index in [0.717, 1.165) is 6.54 Å². The molecular formula is C13H25NO2. The Balaban J connectivity index is 2.34. The predicted octanol–water partition coefficient (Wildman–Crippen LogP) is 1.81. The van der Waals surface area contributed by atoms with Crippen molar-refractivity contribution in [1.29, 1.82) is 0 Å². The summed E-state index contributed by atoms with van der Waals surface area (Å²) in [5.74, 6) is 0. The Labute approximate surface area is 99.1 Å². The molecule has 1 aliphatic rings. The monoisotopic (exact) mass is 227 g/mol. The molecule has 1 rings (SSSR count). The van der Waals surface area contributed by atoms with Gasteiger partial charge in [0.2, 0.25) is 0 Å². The van der Waals surface area contributed by atoms with Gasteiger partial charge in [-0.1, -0.05) is 12.2 Å². The van der Waals surface area contributed by atoms with Crippen LogP contribution in [0.15, 0.2) is 12.2 Å². The Kier molecular flexibility index (Phi) is 6.69. The minimum Gasteiger partial charge on any atom is -0.394 e. The van der Waals surface area contributed by atoms with Gasteiger partial charge in [0.05, 0.1) is 19.8 Å². The van der Waals surface area contributed by atoms with Crippen LogP contribution in [0.4, 0.5) is 0 Å². The Hall–Kier alpha value is -0.380. The topological polar surface area (TPSA) is 32.7 Å². The molecular weight excluding hydrogens is 202 g/mol. The Bertz CT molecular complexity index is 204. The average Bonchev–Trinajstić information content (AvgIpc) is 2.30. The van der Waals surface area contributed by atoms with Crippen molar-refractivity contribution in [1.82, 2.24) is 4.90 Å². The van der Waals surface area contributed by atoms with E-state index < -0.39 is 0 Å². The molecule has 0 heterocycles. The molecule has 0 aromatic heterocycles. The van der Waals surface area contributed by atoms with Crippen molar-refractivity contribution in [3.05, 3.63) is 12.2 Å². The molecule has 0 unspecified atom stereocenters. The second-order valence-corrected chi connectivity index (χ2v) is 4.59. The van der Waals surface area contributed by atoms with E-state index in [1.54, 1.807) is 0 Å². The maximum absolute atomic E-state index is 8.64. The molecule has 0 saturated heterocycles. The van der Waals surface area contributed by atoms with E-state index in [2.05, 4.69) is 30.9 Å². The summed E-state index contributed by atoms with van der Waals surface area (Å²) >= 11 is 0. The Morgan fingerprint density at radius 3 is 2.81 bits per heavy atom. The fourth-order valence-corrected chi connectivity index (χ4v) is 2.21. The summed E-state index contributed by atoms with van der Waals surface area (Å²) in [4.78, 5) is 2.48. The van der Waals surface area contributed by atoms with Crippen molar-refractivity contribution in [2.45, 2.75) is 45.2 Å². The van der Waals surface area contributed by atoms with E-state index in [9.17, 15) is 0 Å². The first-order valence-electron chi connectivity index (χ1n) is 6.36. The lowest BCUT2D eigenvalue weighted by molar-refractivity contribution is 0.0570. The number of ether oxygens (including phenoxy) is 1. The summed E-state index contributed by atoms with van der Waals surface area (Å²) in [5, 5.41) is 8.64. The molecule has 0 aromatic carbocycles. The Morgan fingerprint density at radius 2 is 2.25 bits per heavy atom. The van der Waals surface area contributed by atoms with Crippen LogP contribution in [0.3, 0.4) is 0 Å². The molecule has 0 aromatic rings. The quantitative estimate of drug-likeness (QED) is 0.532. The van der Waals surface area contributed by atoms with Gasteiger partial charge in [-0.25, -0.2) is 0 Å². The summed E-state index contributed by atoms with van der Waals surface area (Å²) in [6.45, 7) is 6.69. The van der Waals surface area contributed by atoms with Gasteiger partial charge in [0.1, 0.15) is 0 Å². The van der Waals surface area contributed by atoms with Gasteiger partial charge in [0, 0.05) is 18.6 Å². The zero-order valence-electron chi connectivity index (χ0n) is 10.6. The van der Waals surface area contributed by atoms with Crippen molar-refractivity contribution in [3.63, 3.8) is 0 Å². The molecule has 1 atom stereocenters. The third-order valence-corrected chi connectivity index (χ3v) is 3.05. The van der Waals surface area contributed by atoms with Crippen LogP contribution in [0.1, 0.15) is 33.1 Å². The molecule has 0 amide bonds. The van der Waals surface area contributed by atoms with Crippen LogP contribution in [-0.2, 0) is 4.74 Å². The number of hydrogen-bond acceptors (Lipinski definition) is 3. The summed E-state index contributed by atoms with van der Waals surface area (Å²) in [5.41, 5.74) is 0. The molecule has 0 saturated carbocycles. The van der Waals surface area contributed by atoms with Gasteiger partial charge >= 0.3 is 0 Å². The van der Waals surface area contributed by atoms with Crippen molar-refractivity contribution in [2.24, 2.45) is 0 Å². The van der Waals surface area contributed by atoms with Crippen LogP contribution in [-0.4, -0.2) is 48.5 Å². The fraction of sp³-hybridized carbons (Fsp3) is 0.846. The number of rotatable bonds is 7. The average molecular weight is 227 g/mol. The lowest BCUT2D eigenvalue weighted by atomic mass is 10.0. The molecule has 0 bridgehead atoms. The van der Waals surface area contributed by atoms with Crippen LogP contribution < -0.4 is 0 Å². The van der Waals surface area contributed by atoms with Crippen molar-refractivity contribution < 1.29 is 9.84 Å². The SMILES string of the molecule is CC(C)N(CCOCCO)[C@H]1C=CCCC1. The van der Waals surface area contributed by atoms with Crippen LogP contribution in [0.2, 0.25) is 0 Å². The van der Waals surface area contributed by atoms with E-state index >= 15 is 0 Å². The van der Waals surface area contributed by atoms with Gasteiger partial charge in [-0.05, 0) is 33.1 Å². The van der Waals surface area contributed by atoms with Crippen molar-refractivity contribution >= 4 is 0 Å². The van der Waals surface area contributed by atoms with Crippen molar-refractivity contribution in [3.8, 4) is 0 Å². The molecule has 0 radical (unpaired) electrons. The van der Waals surface area contributed by atoms with Gasteiger partial charge in [0.25, 0.3) is 0 Å². The van der Waals surface area contributed by atoms with Gasteiger partial charge in [-0.15, -0.1) is 0 Å². The first-order valence-corrected chi connectivity index (χ1v) is 6.36. The molecule has 1 N–H and O–H groups in total. The molecule has 0 fully saturated rings. The van der Waals surface area contributed by atoms with E-state index in [0.29, 0.717) is 25.3 Å². The van der Waals surface area contributed by atoms with Gasteiger partial charge in [-0.3, -0.25) is 4.90 Å².